The summed E-state index contributed by atoms with van der Waals surface area (Å²) in [5, 5.41) is 15.1. The van der Waals surface area contributed by atoms with Gasteiger partial charge in [-0.3, -0.25) is 4.79 Å². The fourth-order valence-electron chi connectivity index (χ4n) is 2.62. The van der Waals surface area contributed by atoms with E-state index in [1.165, 1.54) is 0 Å². The first-order chi connectivity index (χ1) is 10.1. The molecule has 21 heavy (non-hydrogen) atoms. The molecular weight excluding hydrogens is 276 g/mol. The van der Waals surface area contributed by atoms with Crippen molar-refractivity contribution < 1.29 is 24.2 Å². The standard InChI is InChI=1S/C14H26N2O5/c1-20-9-3-4-11(12(17)18)16-13(19)14(10-21-2)5-7-15-8-6-14/h11,15H,3-10H2,1-2H3,(H,16,19)(H,17,18). The molecule has 3 N–H and O–H groups in total. The second kappa shape index (κ2) is 8.96. The SMILES string of the molecule is COCCCC(NC(=O)C1(COC)CCNCC1)C(=O)O. The van der Waals surface area contributed by atoms with Crippen LogP contribution in [0.2, 0.25) is 0 Å². The van der Waals surface area contributed by atoms with Crippen LogP contribution in [-0.4, -0.2) is 63.5 Å². The maximum Gasteiger partial charge on any atom is 0.326 e. The summed E-state index contributed by atoms with van der Waals surface area (Å²) in [6.45, 7) is 2.26. The molecule has 1 saturated heterocycles. The molecule has 1 unspecified atom stereocenters. The van der Waals surface area contributed by atoms with Gasteiger partial charge in [-0.25, -0.2) is 4.79 Å². The van der Waals surface area contributed by atoms with Gasteiger partial charge in [0.25, 0.3) is 0 Å². The van der Waals surface area contributed by atoms with Crippen LogP contribution in [0.5, 0.6) is 0 Å². The summed E-state index contributed by atoms with van der Waals surface area (Å²) >= 11 is 0. The van der Waals surface area contributed by atoms with Gasteiger partial charge in [-0.2, -0.15) is 0 Å². The topological polar surface area (TPSA) is 96.9 Å². The van der Waals surface area contributed by atoms with Gasteiger partial charge in [-0.05, 0) is 38.8 Å². The van der Waals surface area contributed by atoms with Crippen molar-refractivity contribution in [1.82, 2.24) is 10.6 Å². The number of carboxylic acids is 1. The number of rotatable bonds is 9. The van der Waals surface area contributed by atoms with E-state index in [0.29, 0.717) is 38.9 Å². The highest BCUT2D eigenvalue weighted by Crippen LogP contribution is 2.29. The van der Waals surface area contributed by atoms with Crippen LogP contribution in [0, 0.1) is 5.41 Å². The zero-order chi connectivity index (χ0) is 15.7. The predicted octanol–water partition coefficient (Wildman–Crippen LogP) is -0.00140. The lowest BCUT2D eigenvalue weighted by Crippen LogP contribution is -2.54. The Morgan fingerprint density at radius 3 is 2.48 bits per heavy atom. The molecule has 0 bridgehead atoms. The van der Waals surface area contributed by atoms with Gasteiger partial charge in [0.05, 0.1) is 12.0 Å². The van der Waals surface area contributed by atoms with E-state index in [-0.39, 0.29) is 5.91 Å². The Labute approximate surface area is 125 Å². The van der Waals surface area contributed by atoms with Crippen LogP contribution in [0.4, 0.5) is 0 Å². The zero-order valence-corrected chi connectivity index (χ0v) is 12.8. The normalized spacial score (nSPS) is 19.0. The molecule has 0 spiro atoms. The molecule has 7 heteroatoms. The summed E-state index contributed by atoms with van der Waals surface area (Å²) in [6, 6.07) is -0.878. The molecule has 1 heterocycles. The molecule has 0 aromatic rings. The third-order valence-electron chi connectivity index (χ3n) is 3.91. The molecule has 0 aromatic heterocycles. The van der Waals surface area contributed by atoms with Crippen LogP contribution in [0.25, 0.3) is 0 Å². The van der Waals surface area contributed by atoms with Crippen LogP contribution in [0.3, 0.4) is 0 Å². The van der Waals surface area contributed by atoms with E-state index < -0.39 is 17.4 Å². The number of carboxylic acid groups (broad SMARTS) is 1. The summed E-state index contributed by atoms with van der Waals surface area (Å²) in [5.41, 5.74) is -0.630. The number of methoxy groups -OCH3 is 2. The first-order valence-electron chi connectivity index (χ1n) is 7.28. The number of aliphatic carboxylic acids is 1. The molecule has 1 aliphatic heterocycles. The molecule has 0 aliphatic carbocycles. The minimum Gasteiger partial charge on any atom is -0.480 e. The van der Waals surface area contributed by atoms with Crippen LogP contribution in [0.15, 0.2) is 0 Å². The monoisotopic (exact) mass is 302 g/mol. The van der Waals surface area contributed by atoms with Gasteiger partial charge in [-0.1, -0.05) is 0 Å². The quantitative estimate of drug-likeness (QED) is 0.519. The van der Waals surface area contributed by atoms with Crippen molar-refractivity contribution in [2.75, 3.05) is 40.5 Å². The van der Waals surface area contributed by atoms with E-state index in [4.69, 9.17) is 9.47 Å². The molecule has 0 saturated carbocycles. The summed E-state index contributed by atoms with van der Waals surface area (Å²) in [5.74, 6) is -1.24. The van der Waals surface area contributed by atoms with E-state index in [0.717, 1.165) is 13.1 Å². The summed E-state index contributed by atoms with van der Waals surface area (Å²) < 4.78 is 10.1. The Hall–Kier alpha value is -1.18. The minimum atomic E-state index is -1.01. The van der Waals surface area contributed by atoms with Crippen molar-refractivity contribution in [2.45, 2.75) is 31.7 Å². The van der Waals surface area contributed by atoms with Gasteiger partial charge in [0.2, 0.25) is 5.91 Å². The number of hydrogen-bond donors (Lipinski definition) is 3. The third-order valence-corrected chi connectivity index (χ3v) is 3.91. The van der Waals surface area contributed by atoms with E-state index in [1.54, 1.807) is 14.2 Å². The number of amides is 1. The van der Waals surface area contributed by atoms with Crippen molar-refractivity contribution in [1.29, 1.82) is 0 Å². The lowest BCUT2D eigenvalue weighted by molar-refractivity contribution is -0.146. The highest BCUT2D eigenvalue weighted by molar-refractivity contribution is 5.87. The average Bonchev–Trinajstić information content (AvgIpc) is 2.47. The number of nitrogens with one attached hydrogen (secondary N) is 2. The molecular formula is C14H26N2O5. The lowest BCUT2D eigenvalue weighted by atomic mass is 9.78. The molecule has 1 atom stereocenters. The number of carbonyl (C=O) groups is 2. The van der Waals surface area contributed by atoms with Gasteiger partial charge >= 0.3 is 5.97 Å². The summed E-state index contributed by atoms with van der Waals surface area (Å²) in [6.07, 6.45) is 2.25. The van der Waals surface area contributed by atoms with Crippen molar-refractivity contribution in [3.63, 3.8) is 0 Å². The predicted molar refractivity (Wildman–Crippen MR) is 77.1 cm³/mol. The third kappa shape index (κ3) is 5.26. The Bertz CT molecular complexity index is 337. The van der Waals surface area contributed by atoms with E-state index in [2.05, 4.69) is 10.6 Å². The number of ether oxygens (including phenoxy) is 2. The van der Waals surface area contributed by atoms with Crippen LogP contribution >= 0.6 is 0 Å². The largest absolute Gasteiger partial charge is 0.480 e. The number of carbonyl (C=O) groups excluding carboxylic acids is 1. The molecule has 122 valence electrons. The lowest BCUT2D eigenvalue weighted by Gasteiger charge is -2.36. The van der Waals surface area contributed by atoms with Crippen molar-refractivity contribution in [3.05, 3.63) is 0 Å². The van der Waals surface area contributed by atoms with E-state index in [1.807, 2.05) is 0 Å². The van der Waals surface area contributed by atoms with Gasteiger partial charge in [0.15, 0.2) is 0 Å². The molecule has 1 aliphatic rings. The highest BCUT2D eigenvalue weighted by atomic mass is 16.5. The fraction of sp³-hybridized carbons (Fsp3) is 0.857. The van der Waals surface area contributed by atoms with Crippen molar-refractivity contribution in [3.8, 4) is 0 Å². The van der Waals surface area contributed by atoms with Gasteiger partial charge in [-0.15, -0.1) is 0 Å². The van der Waals surface area contributed by atoms with Gasteiger partial charge < -0.3 is 25.2 Å². The van der Waals surface area contributed by atoms with E-state index >= 15 is 0 Å². The fourth-order valence-corrected chi connectivity index (χ4v) is 2.62. The Morgan fingerprint density at radius 2 is 1.95 bits per heavy atom. The molecule has 1 amide bonds. The van der Waals surface area contributed by atoms with Crippen molar-refractivity contribution >= 4 is 11.9 Å². The summed E-state index contributed by atoms with van der Waals surface area (Å²) in [4.78, 5) is 23.8. The molecule has 1 rings (SSSR count). The Kier molecular flexibility index (Phi) is 7.63. The molecule has 0 aromatic carbocycles. The van der Waals surface area contributed by atoms with Crippen molar-refractivity contribution in [2.24, 2.45) is 5.41 Å². The second-order valence-electron chi connectivity index (χ2n) is 5.46. The molecule has 1 fully saturated rings. The van der Waals surface area contributed by atoms with E-state index in [9.17, 15) is 14.7 Å². The minimum absolute atomic E-state index is 0.226. The average molecular weight is 302 g/mol. The maximum absolute atomic E-state index is 12.5. The van der Waals surface area contributed by atoms with Gasteiger partial charge in [0, 0.05) is 20.8 Å². The first-order valence-corrected chi connectivity index (χ1v) is 7.28. The molecule has 7 nitrogen and oxygen atoms in total. The number of piperidine rings is 1. The maximum atomic E-state index is 12.5. The first kappa shape index (κ1) is 17.9. The molecule has 0 radical (unpaired) electrons. The Morgan fingerprint density at radius 1 is 1.29 bits per heavy atom. The summed E-state index contributed by atoms with van der Waals surface area (Å²) in [7, 11) is 3.13. The Balaban J connectivity index is 2.66. The second-order valence-corrected chi connectivity index (χ2v) is 5.46. The van der Waals surface area contributed by atoms with Crippen LogP contribution < -0.4 is 10.6 Å². The van der Waals surface area contributed by atoms with Gasteiger partial charge in [0.1, 0.15) is 6.04 Å². The van der Waals surface area contributed by atoms with Crippen LogP contribution in [0.1, 0.15) is 25.7 Å². The number of hydrogen-bond acceptors (Lipinski definition) is 5. The highest BCUT2D eigenvalue weighted by Gasteiger charge is 2.41. The zero-order valence-electron chi connectivity index (χ0n) is 12.8. The smallest absolute Gasteiger partial charge is 0.326 e. The van der Waals surface area contributed by atoms with Crippen LogP contribution in [-0.2, 0) is 19.1 Å².